The van der Waals surface area contributed by atoms with Gasteiger partial charge in [0.2, 0.25) is 0 Å². The zero-order chi connectivity index (χ0) is 13.2. The highest BCUT2D eigenvalue weighted by molar-refractivity contribution is 5.79. The van der Waals surface area contributed by atoms with Gasteiger partial charge in [0.1, 0.15) is 5.54 Å². The molecule has 1 atom stereocenters. The highest BCUT2D eigenvalue weighted by atomic mass is 16.4. The van der Waals surface area contributed by atoms with Crippen molar-refractivity contribution in [3.63, 3.8) is 0 Å². The van der Waals surface area contributed by atoms with Gasteiger partial charge in [0.25, 0.3) is 0 Å². The lowest BCUT2D eigenvalue weighted by atomic mass is 10.0. The van der Waals surface area contributed by atoms with Crippen molar-refractivity contribution in [1.82, 2.24) is 5.32 Å². The normalized spacial score (nSPS) is 17.3. The molecular formula is C14H20N2O2. The number of para-hydroxylation sites is 1. The van der Waals surface area contributed by atoms with Gasteiger partial charge in [0, 0.05) is 18.8 Å². The van der Waals surface area contributed by atoms with Gasteiger partial charge in [-0.25, -0.2) is 0 Å². The number of likely N-dealkylation sites (N-methyl/N-ethyl adjacent to an activating group) is 1. The Morgan fingerprint density at radius 3 is 2.89 bits per heavy atom. The predicted molar refractivity (Wildman–Crippen MR) is 72.1 cm³/mol. The quantitative estimate of drug-likeness (QED) is 0.829. The van der Waals surface area contributed by atoms with Crippen LogP contribution in [0.4, 0.5) is 5.69 Å². The Hall–Kier alpha value is -1.55. The number of aliphatic carboxylic acids is 1. The summed E-state index contributed by atoms with van der Waals surface area (Å²) < 4.78 is 0. The number of carbonyl (C=O) groups is 1. The highest BCUT2D eigenvalue weighted by Gasteiger charge is 2.35. The molecule has 18 heavy (non-hydrogen) atoms. The van der Waals surface area contributed by atoms with Crippen molar-refractivity contribution in [2.24, 2.45) is 0 Å². The van der Waals surface area contributed by atoms with E-state index in [1.807, 2.05) is 19.1 Å². The third kappa shape index (κ3) is 2.34. The summed E-state index contributed by atoms with van der Waals surface area (Å²) >= 11 is 0. The largest absolute Gasteiger partial charge is 0.480 e. The number of carboxylic acid groups (broad SMARTS) is 1. The molecule has 0 fully saturated rings. The summed E-state index contributed by atoms with van der Waals surface area (Å²) in [6.07, 6.45) is 0.998. The topological polar surface area (TPSA) is 52.6 Å². The number of hydrogen-bond donors (Lipinski definition) is 2. The average molecular weight is 248 g/mol. The minimum absolute atomic E-state index is 0.493. The molecule has 0 saturated carbocycles. The van der Waals surface area contributed by atoms with Crippen molar-refractivity contribution in [2.75, 3.05) is 24.5 Å². The van der Waals surface area contributed by atoms with Crippen LogP contribution in [0.2, 0.25) is 0 Å². The SMILES string of the molecule is CCNC(C)(CN1CCc2ccccc21)C(=O)O. The molecule has 0 saturated heterocycles. The summed E-state index contributed by atoms with van der Waals surface area (Å²) in [5.74, 6) is -0.797. The number of nitrogens with zero attached hydrogens (tertiary/aromatic N) is 1. The van der Waals surface area contributed by atoms with Crippen LogP contribution in [0.1, 0.15) is 19.4 Å². The summed E-state index contributed by atoms with van der Waals surface area (Å²) in [5.41, 5.74) is 1.58. The fraction of sp³-hybridized carbons (Fsp3) is 0.500. The van der Waals surface area contributed by atoms with Crippen LogP contribution in [0.5, 0.6) is 0 Å². The first kappa shape index (κ1) is 12.9. The van der Waals surface area contributed by atoms with Gasteiger partial charge in [-0.2, -0.15) is 0 Å². The molecule has 0 bridgehead atoms. The summed E-state index contributed by atoms with van der Waals surface area (Å²) in [4.78, 5) is 13.6. The molecule has 1 unspecified atom stereocenters. The fourth-order valence-corrected chi connectivity index (χ4v) is 2.54. The molecular weight excluding hydrogens is 228 g/mol. The lowest BCUT2D eigenvalue weighted by molar-refractivity contribution is -0.143. The van der Waals surface area contributed by atoms with Gasteiger partial charge in [-0.1, -0.05) is 25.1 Å². The van der Waals surface area contributed by atoms with E-state index in [0.29, 0.717) is 13.1 Å². The maximum Gasteiger partial charge on any atom is 0.325 e. The Morgan fingerprint density at radius 1 is 1.50 bits per heavy atom. The van der Waals surface area contributed by atoms with Gasteiger partial charge in [0.05, 0.1) is 0 Å². The van der Waals surface area contributed by atoms with Crippen LogP contribution in [0.25, 0.3) is 0 Å². The van der Waals surface area contributed by atoms with E-state index < -0.39 is 11.5 Å². The minimum atomic E-state index is -0.897. The molecule has 98 valence electrons. The molecule has 1 aliphatic heterocycles. The number of benzene rings is 1. The number of hydrogen-bond acceptors (Lipinski definition) is 3. The van der Waals surface area contributed by atoms with Crippen LogP contribution in [0.3, 0.4) is 0 Å². The number of anilines is 1. The monoisotopic (exact) mass is 248 g/mol. The standard InChI is InChI=1S/C14H20N2O2/c1-3-15-14(2,13(17)18)10-16-9-8-11-6-4-5-7-12(11)16/h4-7,15H,3,8-10H2,1-2H3,(H,17,18). The van der Waals surface area contributed by atoms with Crippen molar-refractivity contribution in [3.05, 3.63) is 29.8 Å². The molecule has 2 N–H and O–H groups in total. The lowest BCUT2D eigenvalue weighted by Gasteiger charge is -2.32. The van der Waals surface area contributed by atoms with E-state index in [9.17, 15) is 9.90 Å². The molecule has 4 nitrogen and oxygen atoms in total. The first-order valence-corrected chi connectivity index (χ1v) is 6.38. The fourth-order valence-electron chi connectivity index (χ4n) is 2.54. The summed E-state index contributed by atoms with van der Waals surface area (Å²) in [7, 11) is 0. The van der Waals surface area contributed by atoms with E-state index >= 15 is 0 Å². The summed E-state index contributed by atoms with van der Waals surface area (Å²) in [6, 6.07) is 8.21. The molecule has 0 amide bonds. The van der Waals surface area contributed by atoms with E-state index in [-0.39, 0.29) is 0 Å². The van der Waals surface area contributed by atoms with Crippen LogP contribution in [0.15, 0.2) is 24.3 Å². The smallest absolute Gasteiger partial charge is 0.325 e. The molecule has 0 aliphatic carbocycles. The molecule has 2 rings (SSSR count). The molecule has 1 heterocycles. The zero-order valence-electron chi connectivity index (χ0n) is 10.9. The van der Waals surface area contributed by atoms with Crippen LogP contribution in [0, 0.1) is 0 Å². The van der Waals surface area contributed by atoms with Crippen molar-refractivity contribution >= 4 is 11.7 Å². The van der Waals surface area contributed by atoms with E-state index in [1.165, 1.54) is 11.3 Å². The molecule has 1 aromatic rings. The Kier molecular flexibility index (Phi) is 3.57. The van der Waals surface area contributed by atoms with Crippen LogP contribution < -0.4 is 10.2 Å². The predicted octanol–water partition coefficient (Wildman–Crippen LogP) is 1.50. The van der Waals surface area contributed by atoms with Gasteiger partial charge in [-0.15, -0.1) is 0 Å². The van der Waals surface area contributed by atoms with E-state index in [4.69, 9.17) is 0 Å². The van der Waals surface area contributed by atoms with Crippen LogP contribution >= 0.6 is 0 Å². The van der Waals surface area contributed by atoms with Crippen LogP contribution in [-0.4, -0.2) is 36.2 Å². The van der Waals surface area contributed by atoms with Gasteiger partial charge in [0.15, 0.2) is 0 Å². The second-order valence-electron chi connectivity index (χ2n) is 4.97. The molecule has 1 aliphatic rings. The number of rotatable bonds is 5. The zero-order valence-corrected chi connectivity index (χ0v) is 10.9. The minimum Gasteiger partial charge on any atom is -0.480 e. The Balaban J connectivity index is 2.17. The Labute approximate surface area is 108 Å². The van der Waals surface area contributed by atoms with Crippen LogP contribution in [-0.2, 0) is 11.2 Å². The second kappa shape index (κ2) is 4.98. The third-order valence-electron chi connectivity index (χ3n) is 3.53. The maximum atomic E-state index is 11.4. The van der Waals surface area contributed by atoms with Gasteiger partial charge in [-0.05, 0) is 31.5 Å². The summed E-state index contributed by atoms with van der Waals surface area (Å²) in [5, 5.41) is 12.5. The molecule has 0 radical (unpaired) electrons. The Bertz CT molecular complexity index is 447. The van der Waals surface area contributed by atoms with Gasteiger partial charge < -0.3 is 15.3 Å². The van der Waals surface area contributed by atoms with Crippen molar-refractivity contribution in [1.29, 1.82) is 0 Å². The first-order chi connectivity index (χ1) is 8.57. The first-order valence-electron chi connectivity index (χ1n) is 6.38. The molecule has 0 spiro atoms. The highest BCUT2D eigenvalue weighted by Crippen LogP contribution is 2.28. The molecule has 0 aromatic heterocycles. The maximum absolute atomic E-state index is 11.4. The molecule has 1 aromatic carbocycles. The average Bonchev–Trinajstić information content (AvgIpc) is 2.73. The number of carboxylic acids is 1. The van der Waals surface area contributed by atoms with Crippen molar-refractivity contribution in [3.8, 4) is 0 Å². The van der Waals surface area contributed by atoms with E-state index in [2.05, 4.69) is 22.3 Å². The number of fused-ring (bicyclic) bond motifs is 1. The van der Waals surface area contributed by atoms with E-state index in [1.54, 1.807) is 6.92 Å². The second-order valence-corrected chi connectivity index (χ2v) is 4.97. The van der Waals surface area contributed by atoms with E-state index in [0.717, 1.165) is 13.0 Å². The Morgan fingerprint density at radius 2 is 2.22 bits per heavy atom. The van der Waals surface area contributed by atoms with Crippen molar-refractivity contribution < 1.29 is 9.90 Å². The summed E-state index contributed by atoms with van der Waals surface area (Å²) in [6.45, 7) is 5.72. The van der Waals surface area contributed by atoms with Gasteiger partial charge >= 0.3 is 5.97 Å². The van der Waals surface area contributed by atoms with Gasteiger partial charge in [-0.3, -0.25) is 4.79 Å². The third-order valence-corrected chi connectivity index (χ3v) is 3.53. The lowest BCUT2D eigenvalue weighted by Crippen LogP contribution is -2.56. The molecule has 4 heteroatoms. The van der Waals surface area contributed by atoms with Crippen molar-refractivity contribution in [2.45, 2.75) is 25.8 Å². The number of nitrogens with one attached hydrogen (secondary N) is 1.